The molecule has 1 N–H and O–H groups in total. The lowest BCUT2D eigenvalue weighted by molar-refractivity contribution is 0.208. The third kappa shape index (κ3) is 4.13. The number of hydrogen-bond acceptors (Lipinski definition) is 2. The lowest BCUT2D eigenvalue weighted by Gasteiger charge is -2.36. The smallest absolute Gasteiger partial charge is 0.321 e. The second-order valence-corrected chi connectivity index (χ2v) is 6.72. The molecule has 1 aliphatic rings. The van der Waals surface area contributed by atoms with Crippen LogP contribution in [0.25, 0.3) is 0 Å². The fraction of sp³-hybridized carbons (Fsp3) is 0.381. The largest absolute Gasteiger partial charge is 0.368 e. The van der Waals surface area contributed by atoms with Gasteiger partial charge in [-0.3, -0.25) is 0 Å². The zero-order chi connectivity index (χ0) is 17.8. The molecule has 0 saturated carbocycles. The molecule has 4 heteroatoms. The van der Waals surface area contributed by atoms with Crippen molar-refractivity contribution < 1.29 is 4.79 Å². The van der Waals surface area contributed by atoms with Gasteiger partial charge < -0.3 is 15.1 Å². The minimum Gasteiger partial charge on any atom is -0.368 e. The first-order valence-electron chi connectivity index (χ1n) is 9.04. The first-order chi connectivity index (χ1) is 12.1. The first kappa shape index (κ1) is 17.3. The van der Waals surface area contributed by atoms with Gasteiger partial charge in [0.25, 0.3) is 0 Å². The summed E-state index contributed by atoms with van der Waals surface area (Å²) in [7, 11) is 0. The van der Waals surface area contributed by atoms with Crippen LogP contribution < -0.4 is 10.2 Å². The average Bonchev–Trinajstić information content (AvgIpc) is 2.65. The van der Waals surface area contributed by atoms with Crippen LogP contribution in [0.2, 0.25) is 0 Å². The third-order valence-electron chi connectivity index (χ3n) is 5.03. The molecule has 1 heterocycles. The number of nitrogens with one attached hydrogen (secondary N) is 1. The number of nitrogens with zero attached hydrogens (tertiary/aromatic N) is 2. The minimum atomic E-state index is -0.00997. The number of benzene rings is 2. The molecule has 2 aromatic carbocycles. The maximum absolute atomic E-state index is 12.5. The molecule has 1 fully saturated rings. The van der Waals surface area contributed by atoms with E-state index >= 15 is 0 Å². The second kappa shape index (κ2) is 7.60. The summed E-state index contributed by atoms with van der Waals surface area (Å²) in [5, 5.41) is 3.02. The molecule has 4 nitrogen and oxygen atoms in total. The van der Waals surface area contributed by atoms with Gasteiger partial charge in [-0.05, 0) is 61.2 Å². The van der Waals surface area contributed by atoms with Crippen LogP contribution >= 0.6 is 0 Å². The van der Waals surface area contributed by atoms with Crippen LogP contribution in [0.1, 0.15) is 23.6 Å². The van der Waals surface area contributed by atoms with Gasteiger partial charge in [0.05, 0.1) is 0 Å². The molecule has 0 aliphatic carbocycles. The van der Waals surface area contributed by atoms with Gasteiger partial charge in [-0.1, -0.05) is 25.1 Å². The van der Waals surface area contributed by atoms with Gasteiger partial charge in [0.1, 0.15) is 0 Å². The van der Waals surface area contributed by atoms with Gasteiger partial charge in [-0.25, -0.2) is 4.79 Å². The Balaban J connectivity index is 1.55. The molecule has 3 rings (SSSR count). The van der Waals surface area contributed by atoms with Gasteiger partial charge >= 0.3 is 6.03 Å². The van der Waals surface area contributed by atoms with Gasteiger partial charge in [-0.15, -0.1) is 0 Å². The number of aryl methyl sites for hydroxylation is 3. The fourth-order valence-electron chi connectivity index (χ4n) is 3.13. The molecule has 0 unspecified atom stereocenters. The highest BCUT2D eigenvalue weighted by molar-refractivity contribution is 5.89. The summed E-state index contributed by atoms with van der Waals surface area (Å²) in [4.78, 5) is 16.7. The lowest BCUT2D eigenvalue weighted by Crippen LogP contribution is -2.50. The molecular formula is C21H27N3O. The summed E-state index contributed by atoms with van der Waals surface area (Å²) in [6.45, 7) is 9.53. The predicted octanol–water partition coefficient (Wildman–Crippen LogP) is 4.22. The monoisotopic (exact) mass is 337 g/mol. The van der Waals surface area contributed by atoms with E-state index in [0.717, 1.165) is 38.3 Å². The Bertz CT molecular complexity index is 731. The zero-order valence-corrected chi connectivity index (χ0v) is 15.4. The third-order valence-corrected chi connectivity index (χ3v) is 5.03. The number of hydrogen-bond donors (Lipinski definition) is 1. The molecule has 0 spiro atoms. The highest BCUT2D eigenvalue weighted by atomic mass is 16.2. The SMILES string of the molecule is CCc1ccc(N2CCN(C(=O)Nc3ccc(C)c(C)c3)CC2)cc1. The Morgan fingerprint density at radius 2 is 1.64 bits per heavy atom. The van der Waals surface area contributed by atoms with Crippen molar-refractivity contribution in [2.45, 2.75) is 27.2 Å². The summed E-state index contributed by atoms with van der Waals surface area (Å²) in [5.41, 5.74) is 5.89. The van der Waals surface area contributed by atoms with Crippen molar-refractivity contribution in [1.82, 2.24) is 4.90 Å². The van der Waals surface area contributed by atoms with E-state index in [1.807, 2.05) is 23.1 Å². The highest BCUT2D eigenvalue weighted by Gasteiger charge is 2.21. The minimum absolute atomic E-state index is 0.00997. The molecule has 0 atom stereocenters. The molecule has 2 aromatic rings. The summed E-state index contributed by atoms with van der Waals surface area (Å²) < 4.78 is 0. The number of urea groups is 1. The van der Waals surface area contributed by atoms with E-state index in [4.69, 9.17) is 0 Å². The Kier molecular flexibility index (Phi) is 5.27. The molecule has 25 heavy (non-hydrogen) atoms. The van der Waals surface area contributed by atoms with Crippen molar-refractivity contribution in [3.8, 4) is 0 Å². The van der Waals surface area contributed by atoms with Crippen LogP contribution in [-0.2, 0) is 6.42 Å². The van der Waals surface area contributed by atoms with Gasteiger partial charge in [0.2, 0.25) is 0 Å². The van der Waals surface area contributed by atoms with E-state index in [2.05, 4.69) is 55.3 Å². The van der Waals surface area contributed by atoms with Crippen molar-refractivity contribution in [3.63, 3.8) is 0 Å². The summed E-state index contributed by atoms with van der Waals surface area (Å²) >= 11 is 0. The number of carbonyl (C=O) groups is 1. The number of rotatable bonds is 3. The van der Waals surface area contributed by atoms with E-state index in [0.29, 0.717) is 0 Å². The molecule has 0 bridgehead atoms. The summed E-state index contributed by atoms with van der Waals surface area (Å²) in [5.74, 6) is 0. The Morgan fingerprint density at radius 3 is 2.24 bits per heavy atom. The van der Waals surface area contributed by atoms with Crippen molar-refractivity contribution in [2.24, 2.45) is 0 Å². The average molecular weight is 337 g/mol. The molecular weight excluding hydrogens is 310 g/mol. The molecule has 0 radical (unpaired) electrons. The molecule has 0 aromatic heterocycles. The molecule has 1 aliphatic heterocycles. The standard InChI is InChI=1S/C21H27N3O/c1-4-18-6-9-20(10-7-18)23-11-13-24(14-12-23)21(25)22-19-8-5-16(2)17(3)15-19/h5-10,15H,4,11-14H2,1-3H3,(H,22,25). The van der Waals surface area contributed by atoms with Gasteiger partial charge in [0, 0.05) is 37.6 Å². The number of piperazine rings is 1. The Hall–Kier alpha value is -2.49. The van der Waals surface area contributed by atoms with E-state index in [1.165, 1.54) is 22.4 Å². The van der Waals surface area contributed by atoms with Crippen LogP contribution in [0.15, 0.2) is 42.5 Å². The number of carbonyl (C=O) groups excluding carboxylic acids is 1. The molecule has 2 amide bonds. The maximum Gasteiger partial charge on any atom is 0.321 e. The summed E-state index contributed by atoms with van der Waals surface area (Å²) in [6, 6.07) is 14.8. The Labute approximate surface area is 150 Å². The van der Waals surface area contributed by atoms with E-state index in [9.17, 15) is 4.79 Å². The normalized spacial score (nSPS) is 14.5. The van der Waals surface area contributed by atoms with Crippen molar-refractivity contribution in [3.05, 3.63) is 59.2 Å². The van der Waals surface area contributed by atoms with Crippen LogP contribution in [0.3, 0.4) is 0 Å². The topological polar surface area (TPSA) is 35.6 Å². The number of anilines is 2. The van der Waals surface area contributed by atoms with Gasteiger partial charge in [-0.2, -0.15) is 0 Å². The fourth-order valence-corrected chi connectivity index (χ4v) is 3.13. The highest BCUT2D eigenvalue weighted by Crippen LogP contribution is 2.19. The van der Waals surface area contributed by atoms with Gasteiger partial charge in [0.15, 0.2) is 0 Å². The zero-order valence-electron chi connectivity index (χ0n) is 15.4. The molecule has 132 valence electrons. The molecule has 1 saturated heterocycles. The van der Waals surface area contributed by atoms with E-state index in [1.54, 1.807) is 0 Å². The van der Waals surface area contributed by atoms with Crippen molar-refractivity contribution in [1.29, 1.82) is 0 Å². The van der Waals surface area contributed by atoms with E-state index in [-0.39, 0.29) is 6.03 Å². The van der Waals surface area contributed by atoms with Crippen LogP contribution in [0.5, 0.6) is 0 Å². The van der Waals surface area contributed by atoms with Crippen molar-refractivity contribution in [2.75, 3.05) is 36.4 Å². The van der Waals surface area contributed by atoms with E-state index < -0.39 is 0 Å². The first-order valence-corrected chi connectivity index (χ1v) is 9.04. The summed E-state index contributed by atoms with van der Waals surface area (Å²) in [6.07, 6.45) is 1.06. The van der Waals surface area contributed by atoms with Crippen molar-refractivity contribution >= 4 is 17.4 Å². The van der Waals surface area contributed by atoms with Crippen LogP contribution in [0, 0.1) is 13.8 Å². The lowest BCUT2D eigenvalue weighted by atomic mass is 10.1. The predicted molar refractivity (Wildman–Crippen MR) is 105 cm³/mol. The van der Waals surface area contributed by atoms with Crippen LogP contribution in [-0.4, -0.2) is 37.1 Å². The maximum atomic E-state index is 12.5. The Morgan fingerprint density at radius 1 is 0.960 bits per heavy atom. The van der Waals surface area contributed by atoms with Crippen LogP contribution in [0.4, 0.5) is 16.2 Å². The quantitative estimate of drug-likeness (QED) is 0.910. The second-order valence-electron chi connectivity index (χ2n) is 6.72. The number of amides is 2.